The van der Waals surface area contributed by atoms with Gasteiger partial charge >= 0.3 is 0 Å². The molecule has 84 valence electrons. The molecule has 0 aliphatic rings. The molecule has 0 saturated heterocycles. The van der Waals surface area contributed by atoms with Crippen molar-refractivity contribution in [1.82, 2.24) is 19.7 Å². The quantitative estimate of drug-likeness (QED) is 0.481. The molecule has 3 aromatic rings. The van der Waals surface area contributed by atoms with Crippen LogP contribution in [0.15, 0.2) is 29.1 Å². The van der Waals surface area contributed by atoms with Gasteiger partial charge in [-0.3, -0.25) is 14.5 Å². The number of fused-ring (bicyclic) bond motifs is 3. The van der Waals surface area contributed by atoms with E-state index in [2.05, 4.69) is 15.2 Å². The largest absolute Gasteiger partial charge is 0.294 e. The Bertz CT molecular complexity index is 849. The van der Waals surface area contributed by atoms with E-state index in [9.17, 15) is 4.79 Å². The van der Waals surface area contributed by atoms with Crippen molar-refractivity contribution in [2.45, 2.75) is 0 Å². The van der Waals surface area contributed by atoms with Gasteiger partial charge in [-0.05, 0) is 18.3 Å². The Labute approximate surface area is 101 Å². The molecule has 0 amide bonds. The Morgan fingerprint density at radius 3 is 2.76 bits per heavy atom. The summed E-state index contributed by atoms with van der Waals surface area (Å²) in [6, 6.07) is 7.32. The van der Waals surface area contributed by atoms with Crippen LogP contribution in [-0.2, 0) is 7.05 Å². The molecule has 0 bridgehead atoms. The van der Waals surface area contributed by atoms with E-state index in [0.29, 0.717) is 16.6 Å². The minimum atomic E-state index is -0.0944. The van der Waals surface area contributed by atoms with E-state index in [1.807, 2.05) is 18.2 Å². The first-order valence-electron chi connectivity index (χ1n) is 5.02. The fourth-order valence-electron chi connectivity index (χ4n) is 1.90. The van der Waals surface area contributed by atoms with E-state index in [4.69, 9.17) is 12.2 Å². The number of nitrogens with zero attached hydrogens (tertiary/aromatic N) is 3. The summed E-state index contributed by atoms with van der Waals surface area (Å²) >= 11 is 4.92. The molecular weight excluding hydrogens is 236 g/mol. The number of benzene rings is 1. The van der Waals surface area contributed by atoms with Gasteiger partial charge in [-0.2, -0.15) is 10.1 Å². The first-order chi connectivity index (χ1) is 8.18. The fourth-order valence-corrected chi connectivity index (χ4v) is 2.03. The van der Waals surface area contributed by atoms with Crippen LogP contribution in [0.1, 0.15) is 0 Å². The van der Waals surface area contributed by atoms with Gasteiger partial charge in [0.15, 0.2) is 5.65 Å². The Balaban J connectivity index is 2.75. The molecule has 17 heavy (non-hydrogen) atoms. The van der Waals surface area contributed by atoms with Crippen LogP contribution in [-0.4, -0.2) is 19.7 Å². The molecule has 0 aliphatic carbocycles. The van der Waals surface area contributed by atoms with Crippen molar-refractivity contribution in [3.05, 3.63) is 39.4 Å². The number of hydrogen-bond acceptors (Lipinski definition) is 4. The van der Waals surface area contributed by atoms with Crippen molar-refractivity contribution in [2.75, 3.05) is 0 Å². The monoisotopic (exact) mass is 244 g/mol. The Kier molecular flexibility index (Phi) is 2.05. The van der Waals surface area contributed by atoms with Gasteiger partial charge in [0.25, 0.3) is 5.56 Å². The predicted molar refractivity (Wildman–Crippen MR) is 67.5 cm³/mol. The lowest BCUT2D eigenvalue weighted by molar-refractivity contribution is 0.873. The Morgan fingerprint density at radius 1 is 1.29 bits per heavy atom. The van der Waals surface area contributed by atoms with Crippen molar-refractivity contribution in [2.24, 2.45) is 7.05 Å². The first-order valence-corrected chi connectivity index (χ1v) is 5.43. The number of nitrogens with one attached hydrogen (secondary N) is 1. The second kappa shape index (κ2) is 3.46. The summed E-state index contributed by atoms with van der Waals surface area (Å²) < 4.78 is 1.73. The summed E-state index contributed by atoms with van der Waals surface area (Å²) in [7, 11) is 1.67. The molecule has 0 fully saturated rings. The maximum Gasteiger partial charge on any atom is 0.259 e. The summed E-state index contributed by atoms with van der Waals surface area (Å²) in [5, 5.41) is 8.22. The summed E-state index contributed by atoms with van der Waals surface area (Å²) in [5.74, 6) is 0. The second-order valence-electron chi connectivity index (χ2n) is 3.72. The molecule has 2 aromatic heterocycles. The highest BCUT2D eigenvalue weighted by Gasteiger charge is 2.09. The van der Waals surface area contributed by atoms with Gasteiger partial charge in [0.05, 0.1) is 0 Å². The van der Waals surface area contributed by atoms with E-state index in [0.717, 1.165) is 5.39 Å². The third-order valence-electron chi connectivity index (χ3n) is 2.72. The number of H-pyrrole nitrogens is 1. The highest BCUT2D eigenvalue weighted by molar-refractivity contribution is 7.71. The third kappa shape index (κ3) is 1.38. The summed E-state index contributed by atoms with van der Waals surface area (Å²) in [5.41, 5.74) is 1.05. The van der Waals surface area contributed by atoms with E-state index in [-0.39, 0.29) is 10.3 Å². The maximum absolute atomic E-state index is 12.1. The van der Waals surface area contributed by atoms with E-state index >= 15 is 0 Å². The fraction of sp³-hybridized carbons (Fsp3) is 0.0909. The van der Waals surface area contributed by atoms with Crippen molar-refractivity contribution in [3.8, 4) is 0 Å². The zero-order valence-electron chi connectivity index (χ0n) is 8.97. The lowest BCUT2D eigenvalue weighted by atomic mass is 10.1. The number of rotatable bonds is 0. The van der Waals surface area contributed by atoms with Gasteiger partial charge < -0.3 is 0 Å². The molecule has 0 unspecified atom stereocenters. The SMILES string of the molecule is Cn1c(=O)c2ccccc2c2n[nH]c(=S)nc21. The van der Waals surface area contributed by atoms with Crippen LogP contribution < -0.4 is 5.56 Å². The Hall–Kier alpha value is -2.08. The average molecular weight is 244 g/mol. The zero-order chi connectivity index (χ0) is 12.0. The van der Waals surface area contributed by atoms with Crippen LogP contribution in [0.25, 0.3) is 21.9 Å². The topological polar surface area (TPSA) is 63.6 Å². The summed E-state index contributed by atoms with van der Waals surface area (Å²) in [6.45, 7) is 0. The lowest BCUT2D eigenvalue weighted by Crippen LogP contribution is -2.18. The molecule has 0 spiro atoms. The molecule has 1 aromatic carbocycles. The molecule has 5 nitrogen and oxygen atoms in total. The molecule has 0 radical (unpaired) electrons. The van der Waals surface area contributed by atoms with E-state index in [1.54, 1.807) is 13.1 Å². The standard InChI is InChI=1S/C11H8N4OS/c1-15-9-8(13-14-11(17)12-9)6-4-2-3-5-7(6)10(15)16/h2-5H,1H3,(H,12,14,17). The van der Waals surface area contributed by atoms with Crippen LogP contribution in [0, 0.1) is 4.77 Å². The van der Waals surface area contributed by atoms with Crippen LogP contribution in [0.2, 0.25) is 0 Å². The highest BCUT2D eigenvalue weighted by atomic mass is 32.1. The average Bonchev–Trinajstić information content (AvgIpc) is 2.36. The van der Waals surface area contributed by atoms with Crippen molar-refractivity contribution >= 4 is 34.2 Å². The highest BCUT2D eigenvalue weighted by Crippen LogP contribution is 2.17. The minimum absolute atomic E-state index is 0.0944. The number of aryl methyl sites for hydroxylation is 1. The molecule has 1 N–H and O–H groups in total. The van der Waals surface area contributed by atoms with Crippen LogP contribution in [0.4, 0.5) is 0 Å². The maximum atomic E-state index is 12.1. The van der Waals surface area contributed by atoms with Gasteiger partial charge in [-0.25, -0.2) is 0 Å². The van der Waals surface area contributed by atoms with Crippen molar-refractivity contribution in [1.29, 1.82) is 0 Å². The van der Waals surface area contributed by atoms with Gasteiger partial charge in [0.1, 0.15) is 5.52 Å². The summed E-state index contributed by atoms with van der Waals surface area (Å²) in [4.78, 5) is 16.3. The van der Waals surface area contributed by atoms with Crippen LogP contribution in [0.5, 0.6) is 0 Å². The molecule has 0 aliphatic heterocycles. The zero-order valence-corrected chi connectivity index (χ0v) is 9.78. The number of pyridine rings is 1. The molecule has 0 atom stereocenters. The Morgan fingerprint density at radius 2 is 2.00 bits per heavy atom. The van der Waals surface area contributed by atoms with Crippen molar-refractivity contribution < 1.29 is 0 Å². The van der Waals surface area contributed by atoms with Gasteiger partial charge in [-0.1, -0.05) is 18.2 Å². The molecule has 3 rings (SSSR count). The van der Waals surface area contributed by atoms with Gasteiger partial charge in [0, 0.05) is 17.8 Å². The van der Waals surface area contributed by atoms with Gasteiger partial charge in [-0.15, -0.1) is 0 Å². The smallest absolute Gasteiger partial charge is 0.259 e. The second-order valence-corrected chi connectivity index (χ2v) is 4.11. The number of aromatic amines is 1. The molecule has 6 heteroatoms. The molecule has 0 saturated carbocycles. The van der Waals surface area contributed by atoms with Crippen LogP contribution in [0.3, 0.4) is 0 Å². The minimum Gasteiger partial charge on any atom is -0.294 e. The van der Waals surface area contributed by atoms with Crippen LogP contribution >= 0.6 is 12.2 Å². The van der Waals surface area contributed by atoms with Gasteiger partial charge in [0.2, 0.25) is 4.77 Å². The number of aromatic nitrogens is 4. The summed E-state index contributed by atoms with van der Waals surface area (Å²) in [6.07, 6.45) is 0. The molecular formula is C11H8N4OS. The first kappa shape index (κ1) is 10.1. The lowest BCUT2D eigenvalue weighted by Gasteiger charge is -2.06. The van der Waals surface area contributed by atoms with E-state index in [1.165, 1.54) is 4.57 Å². The van der Waals surface area contributed by atoms with E-state index < -0.39 is 0 Å². The predicted octanol–water partition coefficient (Wildman–Crippen LogP) is 1.54. The third-order valence-corrected chi connectivity index (χ3v) is 2.90. The normalized spacial score (nSPS) is 11.1. The number of hydrogen-bond donors (Lipinski definition) is 1. The molecule has 2 heterocycles. The van der Waals surface area contributed by atoms with Crippen molar-refractivity contribution in [3.63, 3.8) is 0 Å².